The number of benzene rings is 1. The van der Waals surface area contributed by atoms with E-state index in [9.17, 15) is 4.79 Å². The summed E-state index contributed by atoms with van der Waals surface area (Å²) < 4.78 is 5.24. The summed E-state index contributed by atoms with van der Waals surface area (Å²) in [7, 11) is 3.67. The Hall–Kier alpha value is -1.79. The van der Waals surface area contributed by atoms with E-state index in [1.807, 2.05) is 0 Å². The monoisotopic (exact) mass is 292 g/mol. The number of amides is 1. The minimum absolute atomic E-state index is 0.0329. The second-order valence-electron chi connectivity index (χ2n) is 5.59. The largest absolute Gasteiger partial charge is 0.494 e. The third kappa shape index (κ3) is 4.09. The highest BCUT2D eigenvalue weighted by atomic mass is 16.5. The molecule has 0 saturated carbocycles. The second-order valence-corrected chi connectivity index (χ2v) is 5.59. The minimum atomic E-state index is -0.0329. The standard InChI is InChI=1S/C15H24N4O2/c1-11-9-18(2)6-7-19(11)10-15(20)17-13-5-4-12(16)8-14(13)21-3/h4-5,8,11H,6-7,9-10,16H2,1-3H3,(H,17,20). The van der Waals surface area contributed by atoms with E-state index in [-0.39, 0.29) is 5.91 Å². The fourth-order valence-corrected chi connectivity index (χ4v) is 2.60. The number of ether oxygens (including phenoxy) is 1. The number of nitrogens with two attached hydrogens (primary N) is 1. The molecule has 1 fully saturated rings. The van der Waals surface area contributed by atoms with Crippen LogP contribution >= 0.6 is 0 Å². The van der Waals surface area contributed by atoms with Crippen LogP contribution in [0, 0.1) is 0 Å². The average Bonchev–Trinajstić information content (AvgIpc) is 2.44. The predicted octanol–water partition coefficient (Wildman–Crippen LogP) is 0.852. The SMILES string of the molecule is COc1cc(N)ccc1NC(=O)CN1CCN(C)CC1C. The maximum atomic E-state index is 12.2. The number of methoxy groups -OCH3 is 1. The molecule has 21 heavy (non-hydrogen) atoms. The fourth-order valence-electron chi connectivity index (χ4n) is 2.60. The summed E-state index contributed by atoms with van der Waals surface area (Å²) in [6.45, 7) is 5.42. The van der Waals surface area contributed by atoms with Crippen LogP contribution in [0.25, 0.3) is 0 Å². The topological polar surface area (TPSA) is 70.8 Å². The number of anilines is 2. The van der Waals surface area contributed by atoms with Crippen molar-refractivity contribution >= 4 is 17.3 Å². The van der Waals surface area contributed by atoms with Gasteiger partial charge in [-0.25, -0.2) is 0 Å². The Morgan fingerprint density at radius 1 is 1.48 bits per heavy atom. The van der Waals surface area contributed by atoms with Crippen molar-refractivity contribution in [1.29, 1.82) is 0 Å². The van der Waals surface area contributed by atoms with Gasteiger partial charge in [-0.05, 0) is 26.1 Å². The molecule has 6 heteroatoms. The van der Waals surface area contributed by atoms with Gasteiger partial charge in [0.2, 0.25) is 5.91 Å². The van der Waals surface area contributed by atoms with Crippen molar-refractivity contribution in [3.8, 4) is 5.75 Å². The summed E-state index contributed by atoms with van der Waals surface area (Å²) in [6, 6.07) is 5.59. The number of nitrogens with zero attached hydrogens (tertiary/aromatic N) is 2. The average molecular weight is 292 g/mol. The van der Waals surface area contributed by atoms with E-state index >= 15 is 0 Å². The number of hydrogen-bond donors (Lipinski definition) is 2. The summed E-state index contributed by atoms with van der Waals surface area (Å²) in [4.78, 5) is 16.7. The van der Waals surface area contributed by atoms with Crippen LogP contribution in [0.1, 0.15) is 6.92 Å². The molecule has 1 aromatic rings. The summed E-state index contributed by atoms with van der Waals surface area (Å²) in [5.74, 6) is 0.546. The van der Waals surface area contributed by atoms with Gasteiger partial charge in [0.15, 0.2) is 0 Å². The van der Waals surface area contributed by atoms with Gasteiger partial charge in [0, 0.05) is 37.4 Å². The van der Waals surface area contributed by atoms with Crippen LogP contribution in [0.15, 0.2) is 18.2 Å². The fraction of sp³-hybridized carbons (Fsp3) is 0.533. The van der Waals surface area contributed by atoms with Gasteiger partial charge in [-0.3, -0.25) is 9.69 Å². The normalized spacial score (nSPS) is 20.2. The molecule has 1 heterocycles. The maximum Gasteiger partial charge on any atom is 0.238 e. The third-order valence-corrected chi connectivity index (χ3v) is 3.81. The first kappa shape index (κ1) is 15.6. The Balaban J connectivity index is 1.96. The van der Waals surface area contributed by atoms with Crippen LogP contribution in [-0.4, -0.2) is 62.1 Å². The number of carbonyl (C=O) groups is 1. The zero-order valence-corrected chi connectivity index (χ0v) is 12.9. The number of nitrogen functional groups attached to an aromatic ring is 1. The number of carbonyl (C=O) groups excluding carboxylic acids is 1. The van der Waals surface area contributed by atoms with E-state index in [1.54, 1.807) is 25.3 Å². The summed E-state index contributed by atoms with van der Waals surface area (Å²) >= 11 is 0. The summed E-state index contributed by atoms with van der Waals surface area (Å²) in [6.07, 6.45) is 0. The Morgan fingerprint density at radius 3 is 2.90 bits per heavy atom. The molecule has 6 nitrogen and oxygen atoms in total. The summed E-state index contributed by atoms with van der Waals surface area (Å²) in [5.41, 5.74) is 6.97. The lowest BCUT2D eigenvalue weighted by Gasteiger charge is -2.37. The van der Waals surface area contributed by atoms with Gasteiger partial charge in [-0.1, -0.05) is 0 Å². The van der Waals surface area contributed by atoms with Gasteiger partial charge in [-0.15, -0.1) is 0 Å². The lowest BCUT2D eigenvalue weighted by Crippen LogP contribution is -2.52. The van der Waals surface area contributed by atoms with Gasteiger partial charge < -0.3 is 20.7 Å². The van der Waals surface area contributed by atoms with Crippen molar-refractivity contribution < 1.29 is 9.53 Å². The number of nitrogens with one attached hydrogen (secondary N) is 1. The molecule has 116 valence electrons. The molecular weight excluding hydrogens is 268 g/mol. The lowest BCUT2D eigenvalue weighted by molar-refractivity contribution is -0.118. The van der Waals surface area contributed by atoms with Crippen molar-refractivity contribution in [3.63, 3.8) is 0 Å². The molecule has 1 aromatic carbocycles. The molecule has 0 aromatic heterocycles. The van der Waals surface area contributed by atoms with Crippen molar-refractivity contribution in [1.82, 2.24) is 9.80 Å². The molecule has 0 bridgehead atoms. The van der Waals surface area contributed by atoms with Crippen LogP contribution in [0.4, 0.5) is 11.4 Å². The Labute approximate surface area is 125 Å². The molecule has 0 spiro atoms. The number of rotatable bonds is 4. The number of piperazine rings is 1. The molecule has 0 radical (unpaired) electrons. The molecule has 0 aliphatic carbocycles. The molecular formula is C15H24N4O2. The molecule has 2 rings (SSSR count). The minimum Gasteiger partial charge on any atom is -0.494 e. The highest BCUT2D eigenvalue weighted by Gasteiger charge is 2.23. The lowest BCUT2D eigenvalue weighted by atomic mass is 10.2. The first-order valence-electron chi connectivity index (χ1n) is 7.15. The van der Waals surface area contributed by atoms with Crippen LogP contribution in [-0.2, 0) is 4.79 Å². The van der Waals surface area contributed by atoms with E-state index in [4.69, 9.17) is 10.5 Å². The molecule has 1 aliphatic heterocycles. The van der Waals surface area contributed by atoms with Crippen LogP contribution < -0.4 is 15.8 Å². The van der Waals surface area contributed by atoms with Crippen LogP contribution in [0.5, 0.6) is 5.75 Å². The molecule has 1 aliphatic rings. The van der Waals surface area contributed by atoms with Gasteiger partial charge in [0.05, 0.1) is 19.3 Å². The van der Waals surface area contributed by atoms with E-state index in [1.165, 1.54) is 0 Å². The van der Waals surface area contributed by atoms with E-state index in [2.05, 4.69) is 29.1 Å². The van der Waals surface area contributed by atoms with Crippen molar-refractivity contribution in [2.24, 2.45) is 0 Å². The third-order valence-electron chi connectivity index (χ3n) is 3.81. The second kappa shape index (κ2) is 6.78. The van der Waals surface area contributed by atoms with E-state index < -0.39 is 0 Å². The molecule has 1 saturated heterocycles. The van der Waals surface area contributed by atoms with Crippen molar-refractivity contribution in [3.05, 3.63) is 18.2 Å². The smallest absolute Gasteiger partial charge is 0.238 e. The zero-order chi connectivity index (χ0) is 15.4. The summed E-state index contributed by atoms with van der Waals surface area (Å²) in [5, 5.41) is 2.89. The maximum absolute atomic E-state index is 12.2. The molecule has 3 N–H and O–H groups in total. The first-order chi connectivity index (χ1) is 9.99. The highest BCUT2D eigenvalue weighted by molar-refractivity contribution is 5.94. The van der Waals surface area contributed by atoms with Gasteiger partial charge in [0.1, 0.15) is 5.75 Å². The molecule has 1 unspecified atom stereocenters. The van der Waals surface area contributed by atoms with Gasteiger partial charge in [0.25, 0.3) is 0 Å². The highest BCUT2D eigenvalue weighted by Crippen LogP contribution is 2.26. The van der Waals surface area contributed by atoms with E-state index in [0.29, 0.717) is 29.7 Å². The number of likely N-dealkylation sites (N-methyl/N-ethyl adjacent to an activating group) is 1. The van der Waals surface area contributed by atoms with Gasteiger partial charge >= 0.3 is 0 Å². The van der Waals surface area contributed by atoms with Crippen molar-refractivity contribution in [2.75, 3.05) is 51.4 Å². The Kier molecular flexibility index (Phi) is 5.03. The molecule has 1 atom stereocenters. The number of hydrogen-bond acceptors (Lipinski definition) is 5. The Morgan fingerprint density at radius 2 is 2.24 bits per heavy atom. The quantitative estimate of drug-likeness (QED) is 0.805. The van der Waals surface area contributed by atoms with Crippen LogP contribution in [0.2, 0.25) is 0 Å². The van der Waals surface area contributed by atoms with E-state index in [0.717, 1.165) is 19.6 Å². The van der Waals surface area contributed by atoms with Crippen LogP contribution in [0.3, 0.4) is 0 Å². The van der Waals surface area contributed by atoms with Gasteiger partial charge in [-0.2, -0.15) is 0 Å². The molecule has 1 amide bonds. The zero-order valence-electron chi connectivity index (χ0n) is 12.9. The predicted molar refractivity (Wildman–Crippen MR) is 84.6 cm³/mol. The van der Waals surface area contributed by atoms with Crippen molar-refractivity contribution in [2.45, 2.75) is 13.0 Å². The first-order valence-corrected chi connectivity index (χ1v) is 7.15. The Bertz CT molecular complexity index is 506.